The first kappa shape index (κ1) is 22.4. The van der Waals surface area contributed by atoms with Gasteiger partial charge < -0.3 is 19.0 Å². The van der Waals surface area contributed by atoms with Crippen LogP contribution in [-0.2, 0) is 17.8 Å². The number of nitrogens with zero attached hydrogens (tertiary/aromatic N) is 1. The maximum absolute atomic E-state index is 11.4. The van der Waals surface area contributed by atoms with Crippen molar-refractivity contribution in [1.82, 2.24) is 9.97 Å². The molecule has 2 aromatic heterocycles. The van der Waals surface area contributed by atoms with Crippen molar-refractivity contribution < 1.29 is 19.0 Å². The number of thiazole rings is 1. The number of hydrogen-bond acceptors (Lipinski definition) is 7. The molecule has 2 N–H and O–H groups in total. The van der Waals surface area contributed by atoms with Crippen molar-refractivity contribution in [3.05, 3.63) is 85.7 Å². The van der Waals surface area contributed by atoms with Gasteiger partial charge in [0.05, 0.1) is 24.2 Å². The molecule has 0 amide bonds. The third-order valence-electron chi connectivity index (χ3n) is 4.88. The van der Waals surface area contributed by atoms with Crippen LogP contribution < -0.4 is 9.61 Å². The second-order valence-electron chi connectivity index (χ2n) is 7.18. The summed E-state index contributed by atoms with van der Waals surface area (Å²) in [6, 6.07) is 15.3. The molecule has 0 aliphatic carbocycles. The van der Waals surface area contributed by atoms with E-state index < -0.39 is 0 Å². The van der Waals surface area contributed by atoms with Crippen LogP contribution in [0.2, 0.25) is 0 Å². The minimum Gasteiger partial charge on any atom is -0.495 e. The highest BCUT2D eigenvalue weighted by molar-refractivity contribution is 7.09. The van der Waals surface area contributed by atoms with E-state index in [1.165, 1.54) is 0 Å². The SMILES string of the molecule is COc1ccc(Cc2sc(=O)[nH]c2O)cc1C#CCOCc1nc(-c2ccccc2)oc1C. The van der Waals surface area contributed by atoms with Crippen LogP contribution in [0.5, 0.6) is 11.6 Å². The number of oxazole rings is 1. The van der Waals surface area contributed by atoms with Gasteiger partial charge in [-0.05, 0) is 36.8 Å². The first-order valence-corrected chi connectivity index (χ1v) is 11.0. The van der Waals surface area contributed by atoms with E-state index in [0.29, 0.717) is 40.9 Å². The summed E-state index contributed by atoms with van der Waals surface area (Å²) in [4.78, 5) is 18.6. The highest BCUT2D eigenvalue weighted by atomic mass is 32.1. The number of aromatic amines is 1. The number of aryl methyl sites for hydroxylation is 1. The number of hydrogen-bond donors (Lipinski definition) is 2. The Bertz CT molecular complexity index is 1360. The molecule has 2 heterocycles. The fourth-order valence-corrected chi connectivity index (χ4v) is 3.97. The number of nitrogens with one attached hydrogen (secondary N) is 1. The Morgan fingerprint density at radius 1 is 1.21 bits per heavy atom. The van der Waals surface area contributed by atoms with Crippen molar-refractivity contribution in [3.8, 4) is 34.9 Å². The minimum atomic E-state index is -0.286. The molecule has 0 aliphatic heterocycles. The Balaban J connectivity index is 1.40. The van der Waals surface area contributed by atoms with E-state index in [9.17, 15) is 9.90 Å². The monoisotopic (exact) mass is 462 g/mol. The first-order valence-electron chi connectivity index (χ1n) is 10.2. The molecular weight excluding hydrogens is 440 g/mol. The fraction of sp³-hybridized carbons (Fsp3) is 0.200. The van der Waals surface area contributed by atoms with Crippen molar-refractivity contribution in [2.45, 2.75) is 20.0 Å². The van der Waals surface area contributed by atoms with E-state index in [1.54, 1.807) is 7.11 Å². The molecule has 0 spiro atoms. The van der Waals surface area contributed by atoms with Crippen LogP contribution in [0.15, 0.2) is 57.7 Å². The molecular formula is C25H22N2O5S. The van der Waals surface area contributed by atoms with Gasteiger partial charge in [-0.25, -0.2) is 4.98 Å². The van der Waals surface area contributed by atoms with Crippen LogP contribution in [-0.4, -0.2) is 28.8 Å². The molecule has 0 radical (unpaired) electrons. The Hall–Kier alpha value is -3.80. The molecule has 0 bridgehead atoms. The summed E-state index contributed by atoms with van der Waals surface area (Å²) in [6.07, 6.45) is 0.416. The topological polar surface area (TPSA) is 97.6 Å². The second kappa shape index (κ2) is 10.2. The summed E-state index contributed by atoms with van der Waals surface area (Å²) in [5.41, 5.74) is 3.25. The molecule has 0 saturated heterocycles. The maximum atomic E-state index is 11.4. The lowest BCUT2D eigenvalue weighted by Gasteiger charge is -2.06. The molecule has 33 heavy (non-hydrogen) atoms. The lowest BCUT2D eigenvalue weighted by atomic mass is 10.1. The summed E-state index contributed by atoms with van der Waals surface area (Å²) >= 11 is 0.987. The number of benzene rings is 2. The van der Waals surface area contributed by atoms with Gasteiger partial charge in [-0.15, -0.1) is 0 Å². The Morgan fingerprint density at radius 3 is 2.76 bits per heavy atom. The van der Waals surface area contributed by atoms with E-state index in [4.69, 9.17) is 13.9 Å². The molecule has 0 fully saturated rings. The first-order chi connectivity index (χ1) is 16.0. The zero-order valence-corrected chi connectivity index (χ0v) is 19.0. The van der Waals surface area contributed by atoms with Crippen LogP contribution in [0.4, 0.5) is 0 Å². The van der Waals surface area contributed by atoms with Gasteiger partial charge >= 0.3 is 4.87 Å². The van der Waals surface area contributed by atoms with Crippen molar-refractivity contribution >= 4 is 11.3 Å². The van der Waals surface area contributed by atoms with Crippen molar-refractivity contribution in [1.29, 1.82) is 0 Å². The van der Waals surface area contributed by atoms with Gasteiger partial charge in [0.2, 0.25) is 11.8 Å². The molecule has 0 saturated carbocycles. The Kier molecular flexibility index (Phi) is 6.93. The number of methoxy groups -OCH3 is 1. The van der Waals surface area contributed by atoms with Gasteiger partial charge in [0.25, 0.3) is 0 Å². The lowest BCUT2D eigenvalue weighted by molar-refractivity contribution is 0.149. The van der Waals surface area contributed by atoms with Crippen LogP contribution in [0.25, 0.3) is 11.5 Å². The number of aromatic hydroxyl groups is 1. The average molecular weight is 463 g/mol. The smallest absolute Gasteiger partial charge is 0.307 e. The molecule has 8 heteroatoms. The van der Waals surface area contributed by atoms with E-state index in [2.05, 4.69) is 21.8 Å². The summed E-state index contributed by atoms with van der Waals surface area (Å²) < 4.78 is 16.8. The van der Waals surface area contributed by atoms with Gasteiger partial charge in [-0.1, -0.05) is 47.4 Å². The summed E-state index contributed by atoms with van der Waals surface area (Å²) in [5.74, 6) is 7.89. The van der Waals surface area contributed by atoms with E-state index in [1.807, 2.05) is 55.5 Å². The Morgan fingerprint density at radius 2 is 2.03 bits per heavy atom. The third kappa shape index (κ3) is 5.52. The highest BCUT2D eigenvalue weighted by Crippen LogP contribution is 2.25. The van der Waals surface area contributed by atoms with E-state index >= 15 is 0 Å². The average Bonchev–Trinajstić information content (AvgIpc) is 3.34. The van der Waals surface area contributed by atoms with Gasteiger partial charge in [0.1, 0.15) is 23.8 Å². The molecule has 0 atom stereocenters. The van der Waals surface area contributed by atoms with Gasteiger partial charge in [0, 0.05) is 12.0 Å². The van der Waals surface area contributed by atoms with Crippen molar-refractivity contribution in [3.63, 3.8) is 0 Å². The maximum Gasteiger partial charge on any atom is 0.307 e. The predicted molar refractivity (Wildman–Crippen MR) is 126 cm³/mol. The molecule has 168 valence electrons. The number of aromatic nitrogens is 2. The summed E-state index contributed by atoms with van der Waals surface area (Å²) in [5, 5.41) is 9.82. The van der Waals surface area contributed by atoms with Crippen molar-refractivity contribution in [2.75, 3.05) is 13.7 Å². The second-order valence-corrected chi connectivity index (χ2v) is 8.25. The predicted octanol–water partition coefficient (Wildman–Crippen LogP) is 4.27. The van der Waals surface area contributed by atoms with Gasteiger partial charge in [-0.2, -0.15) is 0 Å². The zero-order valence-electron chi connectivity index (χ0n) is 18.2. The van der Waals surface area contributed by atoms with Crippen molar-refractivity contribution in [2.24, 2.45) is 0 Å². The minimum absolute atomic E-state index is 0.0968. The molecule has 0 unspecified atom stereocenters. The number of H-pyrrole nitrogens is 1. The molecule has 4 rings (SSSR count). The van der Waals surface area contributed by atoms with E-state index in [0.717, 1.165) is 28.2 Å². The molecule has 7 nitrogen and oxygen atoms in total. The quantitative estimate of drug-likeness (QED) is 0.314. The summed E-state index contributed by atoms with van der Waals surface area (Å²) in [6.45, 7) is 2.36. The van der Waals surface area contributed by atoms with Crippen LogP contribution in [0.1, 0.15) is 27.5 Å². The standard InChI is InChI=1S/C25H22N2O5S/c1-16-20(26-24(32-16)18-7-4-3-5-8-18)15-31-12-6-9-19-13-17(10-11-21(19)30-2)14-22-23(28)27-25(29)33-22/h3-5,7-8,10-11,13,28H,12,14-15H2,1-2H3,(H,27,29). The molecule has 0 aliphatic rings. The van der Waals surface area contributed by atoms with Crippen LogP contribution in [0, 0.1) is 18.8 Å². The largest absolute Gasteiger partial charge is 0.495 e. The normalized spacial score (nSPS) is 10.6. The number of rotatable bonds is 7. The fourth-order valence-electron chi connectivity index (χ4n) is 3.22. The van der Waals surface area contributed by atoms with Gasteiger partial charge in [-0.3, -0.25) is 9.78 Å². The van der Waals surface area contributed by atoms with Crippen LogP contribution >= 0.6 is 11.3 Å². The lowest BCUT2D eigenvalue weighted by Crippen LogP contribution is -1.96. The Labute approximate surface area is 194 Å². The molecule has 2 aromatic carbocycles. The summed E-state index contributed by atoms with van der Waals surface area (Å²) in [7, 11) is 1.58. The number of ether oxygens (including phenoxy) is 2. The third-order valence-corrected chi connectivity index (χ3v) is 5.75. The molecule has 4 aromatic rings. The zero-order chi connectivity index (χ0) is 23.2. The van der Waals surface area contributed by atoms with Crippen LogP contribution in [0.3, 0.4) is 0 Å². The highest BCUT2D eigenvalue weighted by Gasteiger charge is 2.11. The van der Waals surface area contributed by atoms with Gasteiger partial charge in [0.15, 0.2) is 0 Å². The van der Waals surface area contributed by atoms with E-state index in [-0.39, 0.29) is 17.4 Å².